The Kier molecular flexibility index (Phi) is 2.79. The molecule has 1 heterocycles. The van der Waals surface area contributed by atoms with Crippen LogP contribution in [-0.4, -0.2) is 10.1 Å². The second kappa shape index (κ2) is 4.10. The van der Waals surface area contributed by atoms with Gasteiger partial charge < -0.3 is 5.11 Å². The number of rotatable bonds is 2. The highest BCUT2D eigenvalue weighted by atomic mass is 35.5. The predicted octanol–water partition coefficient (Wildman–Crippen LogP) is 2.96. The highest BCUT2D eigenvalue weighted by Gasteiger charge is 2.21. The molecule has 3 nitrogen and oxygen atoms in total. The molecular weight excluding hydrogens is 224 g/mol. The van der Waals surface area contributed by atoms with Crippen molar-refractivity contribution in [1.29, 1.82) is 0 Å². The van der Waals surface area contributed by atoms with Gasteiger partial charge in [-0.15, -0.1) is 0 Å². The Morgan fingerprint density at radius 3 is 2.81 bits per heavy atom. The maximum Gasteiger partial charge on any atom is 0.208 e. The molecule has 1 aliphatic rings. The molecule has 0 saturated heterocycles. The van der Waals surface area contributed by atoms with Gasteiger partial charge in [0, 0.05) is 10.6 Å². The number of nitrogens with one attached hydrogen (secondary N) is 1. The van der Waals surface area contributed by atoms with Crippen molar-refractivity contribution >= 4 is 11.6 Å². The molecule has 1 aliphatic heterocycles. The maximum atomic E-state index is 9.51. The van der Waals surface area contributed by atoms with Crippen LogP contribution in [0.5, 0.6) is 0 Å². The van der Waals surface area contributed by atoms with E-state index in [0.29, 0.717) is 11.6 Å². The van der Waals surface area contributed by atoms with Gasteiger partial charge in [-0.05, 0) is 24.6 Å². The van der Waals surface area contributed by atoms with Crippen molar-refractivity contribution < 1.29 is 5.11 Å². The van der Waals surface area contributed by atoms with E-state index < -0.39 is 0 Å². The number of nitrogens with zero attached hydrogens (tertiary/aromatic N) is 1. The van der Waals surface area contributed by atoms with E-state index in [1.165, 1.54) is 0 Å². The molecule has 0 aromatic heterocycles. The van der Waals surface area contributed by atoms with Crippen LogP contribution in [0.3, 0.4) is 0 Å². The molecule has 0 fully saturated rings. The summed E-state index contributed by atoms with van der Waals surface area (Å²) in [5, 5.41) is 12.0. The van der Waals surface area contributed by atoms with Crippen LogP contribution in [0.2, 0.25) is 5.02 Å². The van der Waals surface area contributed by atoms with Gasteiger partial charge in [-0.3, -0.25) is 10.4 Å². The fraction of sp³-hybridized carbons (Fsp3) is 0.167. The van der Waals surface area contributed by atoms with E-state index in [2.05, 4.69) is 12.0 Å². The van der Waals surface area contributed by atoms with E-state index in [4.69, 9.17) is 11.6 Å². The van der Waals surface area contributed by atoms with Crippen LogP contribution in [0.25, 0.3) is 0 Å². The number of hydrazine groups is 1. The van der Waals surface area contributed by atoms with Gasteiger partial charge in [-0.25, -0.2) is 0 Å². The first-order valence-corrected chi connectivity index (χ1v) is 5.33. The van der Waals surface area contributed by atoms with Crippen LogP contribution in [0.15, 0.2) is 48.0 Å². The molecule has 0 amide bonds. The molecule has 0 atom stereocenters. The molecule has 1 aromatic carbocycles. The fourth-order valence-corrected chi connectivity index (χ4v) is 1.78. The zero-order valence-electron chi connectivity index (χ0n) is 9.00. The third-order valence-electron chi connectivity index (χ3n) is 2.58. The lowest BCUT2D eigenvalue weighted by Gasteiger charge is -2.20. The van der Waals surface area contributed by atoms with E-state index in [0.717, 1.165) is 16.8 Å². The molecule has 84 valence electrons. The fourth-order valence-electron chi connectivity index (χ4n) is 1.57. The highest BCUT2D eigenvalue weighted by Crippen LogP contribution is 2.23. The minimum Gasteiger partial charge on any atom is -0.493 e. The van der Waals surface area contributed by atoms with Crippen LogP contribution in [0.4, 0.5) is 0 Å². The lowest BCUT2D eigenvalue weighted by Crippen LogP contribution is -2.30. The van der Waals surface area contributed by atoms with E-state index in [9.17, 15) is 5.11 Å². The molecule has 2 rings (SSSR count). The Balaban J connectivity index is 2.11. The third kappa shape index (κ3) is 1.99. The summed E-state index contributed by atoms with van der Waals surface area (Å²) in [6.07, 6.45) is 0. The number of aliphatic hydroxyl groups excluding tert-OH is 1. The normalized spacial score (nSPS) is 15.6. The van der Waals surface area contributed by atoms with Crippen molar-refractivity contribution in [3.05, 3.63) is 58.6 Å². The molecule has 1 aromatic rings. The Labute approximate surface area is 99.6 Å². The zero-order valence-corrected chi connectivity index (χ0v) is 9.75. The average Bonchev–Trinajstić information content (AvgIpc) is 2.47. The standard InChI is InChI=1S/C12H13ClN2O/c1-8-9(2)15(14-12(8)16)7-10-4-3-5-11(13)6-10/h3-6,14,16H,2,7H2,1H3. The Morgan fingerprint density at radius 1 is 1.50 bits per heavy atom. The SMILES string of the molecule is C=C1C(C)=C(O)NN1Cc1cccc(Cl)c1. The van der Waals surface area contributed by atoms with E-state index in [1.54, 1.807) is 5.01 Å². The summed E-state index contributed by atoms with van der Waals surface area (Å²) in [7, 11) is 0. The molecule has 4 heteroatoms. The smallest absolute Gasteiger partial charge is 0.208 e. The van der Waals surface area contributed by atoms with E-state index >= 15 is 0 Å². The topological polar surface area (TPSA) is 35.5 Å². The summed E-state index contributed by atoms with van der Waals surface area (Å²) in [6, 6.07) is 7.60. The van der Waals surface area contributed by atoms with Gasteiger partial charge in [0.1, 0.15) is 0 Å². The zero-order chi connectivity index (χ0) is 11.7. The summed E-state index contributed by atoms with van der Waals surface area (Å²) in [5.41, 5.74) is 5.45. The average molecular weight is 237 g/mol. The van der Waals surface area contributed by atoms with E-state index in [1.807, 2.05) is 31.2 Å². The van der Waals surface area contributed by atoms with Crippen molar-refractivity contribution in [2.24, 2.45) is 0 Å². The van der Waals surface area contributed by atoms with Gasteiger partial charge in [-0.1, -0.05) is 30.3 Å². The molecule has 2 N–H and O–H groups in total. The summed E-state index contributed by atoms with van der Waals surface area (Å²) < 4.78 is 0. The van der Waals surface area contributed by atoms with Gasteiger partial charge in [0.2, 0.25) is 5.88 Å². The van der Waals surface area contributed by atoms with E-state index in [-0.39, 0.29) is 5.88 Å². The third-order valence-corrected chi connectivity index (χ3v) is 2.82. The van der Waals surface area contributed by atoms with Crippen molar-refractivity contribution in [3.63, 3.8) is 0 Å². The number of hydrogen-bond acceptors (Lipinski definition) is 3. The first-order chi connectivity index (χ1) is 7.58. The number of benzene rings is 1. The number of allylic oxidation sites excluding steroid dienone is 1. The van der Waals surface area contributed by atoms with Crippen LogP contribution in [0.1, 0.15) is 12.5 Å². The van der Waals surface area contributed by atoms with Gasteiger partial charge in [0.15, 0.2) is 0 Å². The van der Waals surface area contributed by atoms with Gasteiger partial charge in [0.05, 0.1) is 12.2 Å². The monoisotopic (exact) mass is 236 g/mol. The molecular formula is C12H13ClN2O. The second-order valence-electron chi connectivity index (χ2n) is 3.75. The van der Waals surface area contributed by atoms with Gasteiger partial charge in [0.25, 0.3) is 0 Å². The molecule has 0 unspecified atom stereocenters. The summed E-state index contributed by atoms with van der Waals surface area (Å²) >= 11 is 5.90. The molecule has 0 radical (unpaired) electrons. The molecule has 0 saturated carbocycles. The Hall–Kier alpha value is -1.61. The van der Waals surface area contributed by atoms with Crippen molar-refractivity contribution in [2.75, 3.05) is 0 Å². The quantitative estimate of drug-likeness (QED) is 0.829. The van der Waals surface area contributed by atoms with Crippen LogP contribution in [0, 0.1) is 0 Å². The summed E-state index contributed by atoms with van der Waals surface area (Å²) in [4.78, 5) is 0. The minimum atomic E-state index is 0.159. The summed E-state index contributed by atoms with van der Waals surface area (Å²) in [5.74, 6) is 0.159. The van der Waals surface area contributed by atoms with Crippen molar-refractivity contribution in [2.45, 2.75) is 13.5 Å². The maximum absolute atomic E-state index is 9.51. The van der Waals surface area contributed by atoms with Crippen molar-refractivity contribution in [1.82, 2.24) is 10.4 Å². The number of hydrogen-bond donors (Lipinski definition) is 2. The molecule has 0 spiro atoms. The first-order valence-electron chi connectivity index (χ1n) is 4.95. The minimum absolute atomic E-state index is 0.159. The van der Waals surface area contributed by atoms with Crippen LogP contribution >= 0.6 is 11.6 Å². The van der Waals surface area contributed by atoms with Crippen LogP contribution < -0.4 is 5.43 Å². The predicted molar refractivity (Wildman–Crippen MR) is 64.6 cm³/mol. The van der Waals surface area contributed by atoms with Gasteiger partial charge >= 0.3 is 0 Å². The first kappa shape index (κ1) is 10.9. The number of aliphatic hydroxyl groups is 1. The Bertz CT molecular complexity index is 468. The molecule has 0 aliphatic carbocycles. The molecule has 16 heavy (non-hydrogen) atoms. The largest absolute Gasteiger partial charge is 0.493 e. The lowest BCUT2D eigenvalue weighted by molar-refractivity contribution is 0.233. The summed E-state index contributed by atoms with van der Waals surface area (Å²) in [6.45, 7) is 6.33. The number of halogens is 1. The van der Waals surface area contributed by atoms with Crippen LogP contribution in [-0.2, 0) is 6.54 Å². The molecule has 0 bridgehead atoms. The Morgan fingerprint density at radius 2 is 2.25 bits per heavy atom. The van der Waals surface area contributed by atoms with Crippen molar-refractivity contribution in [3.8, 4) is 0 Å². The lowest BCUT2D eigenvalue weighted by atomic mass is 10.2. The highest BCUT2D eigenvalue weighted by molar-refractivity contribution is 6.30. The second-order valence-corrected chi connectivity index (χ2v) is 4.18. The van der Waals surface area contributed by atoms with Gasteiger partial charge in [-0.2, -0.15) is 0 Å².